The smallest absolute Gasteiger partial charge is 0.458 e. The van der Waals surface area contributed by atoms with E-state index < -0.39 is 22.9 Å². The number of hydrogen-bond donors (Lipinski definition) is 2. The third-order valence-corrected chi connectivity index (χ3v) is 10.7. The van der Waals surface area contributed by atoms with Crippen LogP contribution in [0.5, 0.6) is 5.06 Å². The molecule has 0 aliphatic heterocycles. The van der Waals surface area contributed by atoms with E-state index in [1.54, 1.807) is 0 Å². The predicted octanol–water partition coefficient (Wildman–Crippen LogP) is 4.93. The zero-order valence-electron chi connectivity index (χ0n) is 18.5. The maximum absolute atomic E-state index is 12.7. The number of halogens is 4. The summed E-state index contributed by atoms with van der Waals surface area (Å²) in [5.74, 6) is 0.625. The lowest BCUT2D eigenvalue weighted by molar-refractivity contribution is -0.273. The Bertz CT molecular complexity index is 1000. The minimum absolute atomic E-state index is 0.0527. The summed E-state index contributed by atoms with van der Waals surface area (Å²) in [6, 6.07) is 1.29. The highest BCUT2D eigenvalue weighted by molar-refractivity contribution is 9.10. The average molecular weight is 565 g/mol. The van der Waals surface area contributed by atoms with Crippen LogP contribution in [0, 0.1) is 23.7 Å². The van der Waals surface area contributed by atoms with Crippen LogP contribution in [-0.2, 0) is 9.53 Å². The molecule has 1 aromatic heterocycles. The maximum atomic E-state index is 12.7. The first-order chi connectivity index (χ1) is 15.9. The molecule has 0 unspecified atom stereocenters. The third-order valence-electron chi connectivity index (χ3n) is 8.85. The van der Waals surface area contributed by atoms with Crippen LogP contribution in [-0.4, -0.2) is 35.3 Å². The molecule has 7 atom stereocenters. The van der Waals surface area contributed by atoms with Gasteiger partial charge in [-0.2, -0.15) is 0 Å². The molecule has 4 N–H and O–H groups in total. The Balaban J connectivity index is 1.24. The van der Waals surface area contributed by atoms with Gasteiger partial charge in [0.15, 0.2) is 10.8 Å². The molecule has 4 fully saturated rings. The number of fused-ring (bicyclic) bond motifs is 5. The minimum atomic E-state index is -4.84. The Labute approximate surface area is 208 Å². The number of rotatable bonds is 3. The molecule has 5 rings (SSSR count). The number of ether oxygens (including phenoxy) is 2. The second-order valence-electron chi connectivity index (χ2n) is 10.4. The van der Waals surface area contributed by atoms with E-state index in [0.717, 1.165) is 25.7 Å². The van der Waals surface area contributed by atoms with Crippen molar-refractivity contribution in [2.24, 2.45) is 35.1 Å². The molecule has 188 valence electrons. The Morgan fingerprint density at radius 3 is 2.62 bits per heavy atom. The number of ketones is 1. The van der Waals surface area contributed by atoms with Crippen LogP contribution >= 0.6 is 27.3 Å². The summed E-state index contributed by atoms with van der Waals surface area (Å²) >= 11 is 3.61. The highest BCUT2D eigenvalue weighted by Crippen LogP contribution is 2.58. The van der Waals surface area contributed by atoms with Crippen molar-refractivity contribution < 1.29 is 32.2 Å². The molecule has 4 aliphatic rings. The van der Waals surface area contributed by atoms with Gasteiger partial charge in [-0.05, 0) is 97.0 Å². The average Bonchev–Trinajstić information content (AvgIpc) is 3.26. The molecule has 0 amide bonds. The molecule has 0 bridgehead atoms. The number of Topliss-reactive ketones (excluding diaryl/α,β-unsaturated/α-hetero) is 1. The first-order valence-electron chi connectivity index (χ1n) is 11.8. The van der Waals surface area contributed by atoms with Gasteiger partial charge in [0.05, 0.1) is 10.0 Å². The summed E-state index contributed by atoms with van der Waals surface area (Å²) in [7, 11) is 0. The van der Waals surface area contributed by atoms with Gasteiger partial charge in [-0.25, -0.2) is 4.79 Å². The van der Waals surface area contributed by atoms with E-state index in [9.17, 15) is 22.8 Å². The summed E-state index contributed by atoms with van der Waals surface area (Å²) in [5.41, 5.74) is 12.6. The molecule has 4 aliphatic carbocycles. The summed E-state index contributed by atoms with van der Waals surface area (Å²) in [6.07, 6.45) is 1.64. The highest BCUT2D eigenvalue weighted by Gasteiger charge is 2.61. The normalized spacial score (nSPS) is 39.7. The second kappa shape index (κ2) is 8.45. The second-order valence-corrected chi connectivity index (χ2v) is 12.3. The summed E-state index contributed by atoms with van der Waals surface area (Å²) < 4.78 is 47.3. The van der Waals surface area contributed by atoms with E-state index in [1.807, 2.05) is 0 Å². The summed E-state index contributed by atoms with van der Waals surface area (Å²) in [4.78, 5) is 25.2. The first-order valence-corrected chi connectivity index (χ1v) is 13.4. The van der Waals surface area contributed by atoms with Crippen molar-refractivity contribution in [3.8, 4) is 5.06 Å². The van der Waals surface area contributed by atoms with Gasteiger partial charge < -0.3 is 20.9 Å². The van der Waals surface area contributed by atoms with Crippen LogP contribution in [0.1, 0.15) is 67.5 Å². The van der Waals surface area contributed by atoms with Crippen LogP contribution in [0.15, 0.2) is 10.5 Å². The zero-order valence-corrected chi connectivity index (χ0v) is 20.9. The number of thiophene rings is 1. The largest absolute Gasteiger partial charge is 0.573 e. The summed E-state index contributed by atoms with van der Waals surface area (Å²) in [5, 5.41) is -0.430. The van der Waals surface area contributed by atoms with Crippen LogP contribution in [0.25, 0.3) is 0 Å². The van der Waals surface area contributed by atoms with E-state index >= 15 is 0 Å². The Morgan fingerprint density at radius 2 is 1.88 bits per heavy atom. The van der Waals surface area contributed by atoms with Crippen molar-refractivity contribution in [3.63, 3.8) is 0 Å². The van der Waals surface area contributed by atoms with Gasteiger partial charge in [-0.3, -0.25) is 4.79 Å². The number of carbonyl (C=O) groups is 2. The molecular weight excluding hydrogens is 537 g/mol. The molecule has 1 heterocycles. The predicted molar refractivity (Wildman–Crippen MR) is 122 cm³/mol. The van der Waals surface area contributed by atoms with Crippen LogP contribution in [0.2, 0.25) is 0 Å². The molecule has 34 heavy (non-hydrogen) atoms. The van der Waals surface area contributed by atoms with E-state index in [2.05, 4.69) is 20.7 Å². The van der Waals surface area contributed by atoms with Crippen LogP contribution in [0.3, 0.4) is 0 Å². The number of carbonyl (C=O) groups excluding carboxylic acids is 2. The van der Waals surface area contributed by atoms with Crippen LogP contribution < -0.4 is 16.2 Å². The van der Waals surface area contributed by atoms with E-state index in [-0.39, 0.29) is 38.6 Å². The zero-order chi connectivity index (χ0) is 24.5. The fraction of sp³-hybridized carbons (Fsp3) is 0.739. The SMILES string of the molecule is N[C@]12CC[C@H](OC(=O)c3cc(Br)c(OC(F)(F)F)s3)C[C@@H]1CC[C@@H]1[C@@H]2CC[C@]2(N)C(=O)CC[C@@H]12. The quantitative estimate of drug-likeness (QED) is 0.504. The topological polar surface area (TPSA) is 105 Å². The Morgan fingerprint density at radius 1 is 1.12 bits per heavy atom. The number of alkyl halides is 3. The lowest BCUT2D eigenvalue weighted by atomic mass is 9.49. The van der Waals surface area contributed by atoms with Crippen molar-refractivity contribution in [1.29, 1.82) is 0 Å². The van der Waals surface area contributed by atoms with E-state index in [1.165, 1.54) is 6.07 Å². The van der Waals surface area contributed by atoms with Crippen molar-refractivity contribution in [2.75, 3.05) is 0 Å². The van der Waals surface area contributed by atoms with Crippen molar-refractivity contribution in [3.05, 3.63) is 15.4 Å². The molecular formula is C23H28BrF3N2O4S. The summed E-state index contributed by atoms with van der Waals surface area (Å²) in [6.45, 7) is 0. The fourth-order valence-electron chi connectivity index (χ4n) is 7.35. The highest BCUT2D eigenvalue weighted by atomic mass is 79.9. The maximum Gasteiger partial charge on any atom is 0.573 e. The van der Waals surface area contributed by atoms with Gasteiger partial charge in [0.1, 0.15) is 11.0 Å². The monoisotopic (exact) mass is 564 g/mol. The molecule has 0 aromatic carbocycles. The molecule has 0 saturated heterocycles. The molecule has 0 spiro atoms. The standard InChI is InChI=1S/C23H28BrF3N2O4S/c24-16-10-17(34-20(16)33-23(25,26)27)19(31)32-12-5-7-21(28)11(9-12)1-2-13-14-3-4-18(30)22(14,29)8-6-15(13)21/h10-15H,1-9,28-29H2/t11-,12-,13-,14-,15-,21+,22+/m0/s1. The van der Waals surface area contributed by atoms with Crippen molar-refractivity contribution >= 4 is 39.0 Å². The lowest BCUT2D eigenvalue weighted by Gasteiger charge is -2.59. The Hall–Kier alpha value is -1.17. The van der Waals surface area contributed by atoms with Gasteiger partial charge in [-0.15, -0.1) is 13.2 Å². The van der Waals surface area contributed by atoms with Gasteiger partial charge >= 0.3 is 12.3 Å². The molecule has 4 saturated carbocycles. The molecule has 6 nitrogen and oxygen atoms in total. The van der Waals surface area contributed by atoms with Gasteiger partial charge in [0, 0.05) is 12.0 Å². The Kier molecular flexibility index (Phi) is 6.10. The van der Waals surface area contributed by atoms with Gasteiger partial charge in [0.25, 0.3) is 0 Å². The van der Waals surface area contributed by atoms with E-state index in [4.69, 9.17) is 16.2 Å². The number of nitrogens with two attached hydrogens (primary N) is 2. The number of esters is 1. The first kappa shape index (κ1) is 24.5. The van der Waals surface area contributed by atoms with Crippen molar-refractivity contribution in [1.82, 2.24) is 0 Å². The van der Waals surface area contributed by atoms with Gasteiger partial charge in [-0.1, -0.05) is 11.3 Å². The fourth-order valence-corrected chi connectivity index (χ4v) is 8.85. The van der Waals surface area contributed by atoms with Gasteiger partial charge in [0.2, 0.25) is 0 Å². The van der Waals surface area contributed by atoms with Crippen LogP contribution in [0.4, 0.5) is 13.2 Å². The molecule has 0 radical (unpaired) electrons. The third kappa shape index (κ3) is 4.10. The van der Waals surface area contributed by atoms with Crippen molar-refractivity contribution in [2.45, 2.75) is 81.3 Å². The molecule has 1 aromatic rings. The lowest BCUT2D eigenvalue weighted by Crippen LogP contribution is -2.67. The molecule has 11 heteroatoms. The minimum Gasteiger partial charge on any atom is -0.458 e. The number of hydrogen-bond acceptors (Lipinski definition) is 7. The van der Waals surface area contributed by atoms with E-state index in [0.29, 0.717) is 55.3 Å².